The van der Waals surface area contributed by atoms with E-state index in [1.807, 2.05) is 41.3 Å². The molecule has 4 nitrogen and oxygen atoms in total. The molecule has 2 aliphatic rings. The van der Waals surface area contributed by atoms with Crippen LogP contribution in [0.4, 0.5) is 0 Å². The van der Waals surface area contributed by atoms with Crippen molar-refractivity contribution in [2.45, 2.75) is 25.3 Å². The molecule has 1 aromatic carbocycles. The normalized spacial score (nSPS) is 21.3. The maximum Gasteiger partial charge on any atom is 0.230 e. The van der Waals surface area contributed by atoms with E-state index in [0.717, 1.165) is 51.4 Å². The molecule has 0 aromatic heterocycles. The lowest BCUT2D eigenvalue weighted by molar-refractivity contribution is -0.140. The Labute approximate surface area is 145 Å². The Hall–Kier alpha value is -1.65. The summed E-state index contributed by atoms with van der Waals surface area (Å²) in [5.74, 6) is 0.172. The van der Waals surface area contributed by atoms with Crippen LogP contribution in [0.15, 0.2) is 43.0 Å². The van der Waals surface area contributed by atoms with Crippen LogP contribution in [0, 0.1) is 0 Å². The highest BCUT2D eigenvalue weighted by atomic mass is 16.2. The average Bonchev–Trinajstić information content (AvgIpc) is 2.59. The van der Waals surface area contributed by atoms with Crippen molar-refractivity contribution in [1.29, 1.82) is 0 Å². The first kappa shape index (κ1) is 17.2. The molecule has 1 unspecified atom stereocenters. The Kier molecular flexibility index (Phi) is 5.69. The van der Waals surface area contributed by atoms with Gasteiger partial charge in [0.2, 0.25) is 5.91 Å². The monoisotopic (exact) mass is 327 g/mol. The van der Waals surface area contributed by atoms with Crippen molar-refractivity contribution in [3.63, 3.8) is 0 Å². The second-order valence-corrected chi connectivity index (χ2v) is 6.85. The predicted molar refractivity (Wildman–Crippen MR) is 98.1 cm³/mol. The predicted octanol–water partition coefficient (Wildman–Crippen LogP) is 2.19. The number of hydrogen-bond acceptors (Lipinski definition) is 3. The lowest BCUT2D eigenvalue weighted by Gasteiger charge is -2.48. The van der Waals surface area contributed by atoms with Gasteiger partial charge in [-0.15, -0.1) is 6.58 Å². The van der Waals surface area contributed by atoms with Gasteiger partial charge in [0.05, 0.1) is 5.92 Å². The van der Waals surface area contributed by atoms with Gasteiger partial charge in [-0.05, 0) is 18.5 Å². The fourth-order valence-corrected chi connectivity index (χ4v) is 3.76. The largest absolute Gasteiger partial charge is 0.339 e. The molecule has 1 aromatic rings. The first-order valence-electron chi connectivity index (χ1n) is 9.14. The van der Waals surface area contributed by atoms with Gasteiger partial charge < -0.3 is 9.80 Å². The fraction of sp³-hybridized carbons (Fsp3) is 0.550. The Morgan fingerprint density at radius 2 is 1.88 bits per heavy atom. The van der Waals surface area contributed by atoms with Gasteiger partial charge in [-0.2, -0.15) is 0 Å². The number of piperazine rings is 1. The molecule has 2 aliphatic heterocycles. The minimum Gasteiger partial charge on any atom is -0.339 e. The van der Waals surface area contributed by atoms with Crippen molar-refractivity contribution in [2.75, 3.05) is 45.8 Å². The Bertz CT molecular complexity index is 545. The quantitative estimate of drug-likeness (QED) is 0.750. The first-order valence-corrected chi connectivity index (χ1v) is 9.14. The number of likely N-dealkylation sites (N-methyl/N-ethyl adjacent to an activating group) is 1. The van der Waals surface area contributed by atoms with Gasteiger partial charge in [0.25, 0.3) is 0 Å². The summed E-state index contributed by atoms with van der Waals surface area (Å²) < 4.78 is 0. The number of nitrogens with zero attached hydrogens (tertiary/aromatic N) is 3. The third-order valence-corrected chi connectivity index (χ3v) is 5.45. The number of likely N-dealkylation sites (tertiary alicyclic amines) is 1. The smallest absolute Gasteiger partial charge is 0.230 e. The van der Waals surface area contributed by atoms with E-state index in [1.54, 1.807) is 0 Å². The lowest BCUT2D eigenvalue weighted by Crippen LogP contribution is -2.64. The number of allylic oxidation sites excluding steroid dienone is 1. The molecule has 130 valence electrons. The Morgan fingerprint density at radius 3 is 2.46 bits per heavy atom. The summed E-state index contributed by atoms with van der Waals surface area (Å²) in [6, 6.07) is 10.7. The summed E-state index contributed by atoms with van der Waals surface area (Å²) in [7, 11) is 0. The number of hydrogen-bond donors (Lipinski definition) is 0. The highest BCUT2D eigenvalue weighted by Crippen LogP contribution is 2.26. The van der Waals surface area contributed by atoms with E-state index in [2.05, 4.69) is 23.3 Å². The maximum atomic E-state index is 12.9. The summed E-state index contributed by atoms with van der Waals surface area (Å²) >= 11 is 0. The van der Waals surface area contributed by atoms with Gasteiger partial charge in [-0.25, -0.2) is 0 Å². The van der Waals surface area contributed by atoms with E-state index in [4.69, 9.17) is 0 Å². The molecular formula is C20H29N3O. The van der Waals surface area contributed by atoms with Crippen LogP contribution in [0.2, 0.25) is 0 Å². The van der Waals surface area contributed by atoms with E-state index in [9.17, 15) is 4.79 Å². The third-order valence-electron chi connectivity index (χ3n) is 5.45. The van der Waals surface area contributed by atoms with Crippen molar-refractivity contribution in [1.82, 2.24) is 14.7 Å². The maximum absolute atomic E-state index is 12.9. The minimum atomic E-state index is -0.0819. The zero-order chi connectivity index (χ0) is 16.9. The molecule has 2 saturated heterocycles. The second kappa shape index (κ2) is 7.95. The molecule has 0 spiro atoms. The number of benzene rings is 1. The van der Waals surface area contributed by atoms with Crippen molar-refractivity contribution >= 4 is 5.91 Å². The minimum absolute atomic E-state index is 0.0819. The van der Waals surface area contributed by atoms with Crippen LogP contribution in [-0.4, -0.2) is 72.5 Å². The molecule has 1 atom stereocenters. The first-order chi connectivity index (χ1) is 11.7. The van der Waals surface area contributed by atoms with Gasteiger partial charge in [-0.1, -0.05) is 43.3 Å². The molecular weight excluding hydrogens is 298 g/mol. The molecule has 0 radical (unpaired) electrons. The van der Waals surface area contributed by atoms with Gasteiger partial charge in [0.15, 0.2) is 0 Å². The van der Waals surface area contributed by atoms with E-state index >= 15 is 0 Å². The van der Waals surface area contributed by atoms with Crippen molar-refractivity contribution in [2.24, 2.45) is 0 Å². The molecule has 2 fully saturated rings. The summed E-state index contributed by atoms with van der Waals surface area (Å²) in [4.78, 5) is 20.0. The molecule has 24 heavy (non-hydrogen) atoms. The highest BCUT2D eigenvalue weighted by molar-refractivity contribution is 5.84. The van der Waals surface area contributed by atoms with E-state index in [0.29, 0.717) is 12.5 Å². The van der Waals surface area contributed by atoms with Gasteiger partial charge in [-0.3, -0.25) is 9.69 Å². The van der Waals surface area contributed by atoms with E-state index in [1.165, 1.54) is 0 Å². The molecule has 0 N–H and O–H groups in total. The number of carbonyl (C=O) groups is 1. The zero-order valence-corrected chi connectivity index (χ0v) is 14.7. The van der Waals surface area contributed by atoms with Crippen LogP contribution in [0.1, 0.15) is 24.8 Å². The van der Waals surface area contributed by atoms with Gasteiger partial charge >= 0.3 is 0 Å². The van der Waals surface area contributed by atoms with Crippen molar-refractivity contribution < 1.29 is 4.79 Å². The molecule has 0 saturated carbocycles. The lowest BCUT2D eigenvalue weighted by atomic mass is 9.92. The summed E-state index contributed by atoms with van der Waals surface area (Å²) in [6.45, 7) is 13.5. The molecule has 0 bridgehead atoms. The topological polar surface area (TPSA) is 26.8 Å². The van der Waals surface area contributed by atoms with Crippen LogP contribution in [0.5, 0.6) is 0 Å². The second-order valence-electron chi connectivity index (χ2n) is 6.85. The van der Waals surface area contributed by atoms with Gasteiger partial charge in [0.1, 0.15) is 0 Å². The highest BCUT2D eigenvalue weighted by Gasteiger charge is 2.38. The molecule has 1 amide bonds. The summed E-state index contributed by atoms with van der Waals surface area (Å²) in [5, 5.41) is 0. The van der Waals surface area contributed by atoms with Crippen molar-refractivity contribution in [3.05, 3.63) is 48.6 Å². The Balaban J connectivity index is 1.54. The van der Waals surface area contributed by atoms with Crippen LogP contribution < -0.4 is 0 Å². The molecule has 2 heterocycles. The molecule has 3 rings (SSSR count). The van der Waals surface area contributed by atoms with Crippen LogP contribution in [0.25, 0.3) is 0 Å². The standard InChI is InChI=1S/C20H29N3O/c1-3-8-19(17-9-6-5-7-10-17)20(24)23-15-18(16-23)22-13-11-21(4-2)12-14-22/h3,5-7,9-10,18-19H,1,4,8,11-16H2,2H3. The van der Waals surface area contributed by atoms with Gasteiger partial charge in [0, 0.05) is 45.3 Å². The SMILES string of the molecule is C=CCC(C(=O)N1CC(N2CCN(CC)CC2)C1)c1ccccc1. The fourth-order valence-electron chi connectivity index (χ4n) is 3.76. The Morgan fingerprint density at radius 1 is 1.21 bits per heavy atom. The summed E-state index contributed by atoms with van der Waals surface area (Å²) in [5.41, 5.74) is 1.10. The van der Waals surface area contributed by atoms with E-state index < -0.39 is 0 Å². The third kappa shape index (κ3) is 3.70. The van der Waals surface area contributed by atoms with Crippen LogP contribution in [-0.2, 0) is 4.79 Å². The van der Waals surface area contributed by atoms with Crippen molar-refractivity contribution in [3.8, 4) is 0 Å². The number of rotatable bonds is 6. The summed E-state index contributed by atoms with van der Waals surface area (Å²) in [6.07, 6.45) is 2.57. The van der Waals surface area contributed by atoms with E-state index in [-0.39, 0.29) is 11.8 Å². The van der Waals surface area contributed by atoms with Crippen LogP contribution >= 0.6 is 0 Å². The number of amides is 1. The molecule has 0 aliphatic carbocycles. The average molecular weight is 327 g/mol. The van der Waals surface area contributed by atoms with Crippen LogP contribution in [0.3, 0.4) is 0 Å². The molecule has 4 heteroatoms. The number of carbonyl (C=O) groups excluding carboxylic acids is 1. The zero-order valence-electron chi connectivity index (χ0n) is 14.7.